The third-order valence-electron chi connectivity index (χ3n) is 3.81. The Morgan fingerprint density at radius 3 is 2.25 bits per heavy atom. The predicted molar refractivity (Wildman–Crippen MR) is 107 cm³/mol. The molecular formula is C21H24ClNO5. The Morgan fingerprint density at radius 1 is 1.07 bits per heavy atom. The molecule has 0 bridgehead atoms. The van der Waals surface area contributed by atoms with Gasteiger partial charge < -0.3 is 19.1 Å². The van der Waals surface area contributed by atoms with Crippen molar-refractivity contribution >= 4 is 23.5 Å². The summed E-state index contributed by atoms with van der Waals surface area (Å²) in [6.45, 7) is 3.71. The van der Waals surface area contributed by atoms with Crippen molar-refractivity contribution < 1.29 is 23.8 Å². The molecule has 7 heteroatoms. The standard InChI is InChI=1S/C21H24ClNO5/c1-13(2)27-19-16(22)11-15(12-17(19)26-5)21(25)28-18(20(24)23(3)4)14-9-7-6-8-10-14/h6-13,18H,1-5H3/t18-/m0/s1. The molecule has 0 N–H and O–H groups in total. The second kappa shape index (κ2) is 9.46. The van der Waals surface area contributed by atoms with Crippen molar-refractivity contribution in [3.63, 3.8) is 0 Å². The van der Waals surface area contributed by atoms with Gasteiger partial charge >= 0.3 is 5.97 Å². The van der Waals surface area contributed by atoms with Crippen LogP contribution >= 0.6 is 11.6 Å². The maximum absolute atomic E-state index is 12.8. The summed E-state index contributed by atoms with van der Waals surface area (Å²) >= 11 is 6.28. The fraction of sp³-hybridized carbons (Fsp3) is 0.333. The van der Waals surface area contributed by atoms with Crippen LogP contribution in [0.2, 0.25) is 5.02 Å². The van der Waals surface area contributed by atoms with E-state index in [9.17, 15) is 9.59 Å². The summed E-state index contributed by atoms with van der Waals surface area (Å²) in [7, 11) is 4.66. The summed E-state index contributed by atoms with van der Waals surface area (Å²) in [6.07, 6.45) is -1.19. The molecule has 1 amide bonds. The summed E-state index contributed by atoms with van der Waals surface area (Å²) < 4.78 is 16.5. The van der Waals surface area contributed by atoms with Crippen LogP contribution in [0.5, 0.6) is 11.5 Å². The number of carbonyl (C=O) groups excluding carboxylic acids is 2. The van der Waals surface area contributed by atoms with Gasteiger partial charge in [-0.3, -0.25) is 4.79 Å². The van der Waals surface area contributed by atoms with Crippen LogP contribution < -0.4 is 9.47 Å². The van der Waals surface area contributed by atoms with Gasteiger partial charge in [0.2, 0.25) is 6.10 Å². The monoisotopic (exact) mass is 405 g/mol. The minimum atomic E-state index is -1.07. The van der Waals surface area contributed by atoms with Crippen molar-refractivity contribution in [2.75, 3.05) is 21.2 Å². The molecule has 0 aliphatic rings. The lowest BCUT2D eigenvalue weighted by molar-refractivity contribution is -0.138. The third-order valence-corrected chi connectivity index (χ3v) is 4.09. The number of benzene rings is 2. The lowest BCUT2D eigenvalue weighted by atomic mass is 10.1. The molecule has 1 atom stereocenters. The fourth-order valence-corrected chi connectivity index (χ4v) is 2.74. The maximum Gasteiger partial charge on any atom is 0.339 e. The van der Waals surface area contributed by atoms with Crippen molar-refractivity contribution in [1.82, 2.24) is 4.90 Å². The molecule has 2 rings (SSSR count). The first kappa shape index (κ1) is 21.6. The van der Waals surface area contributed by atoms with Gasteiger partial charge in [0.15, 0.2) is 11.5 Å². The van der Waals surface area contributed by atoms with Gasteiger partial charge in [0, 0.05) is 19.7 Å². The largest absolute Gasteiger partial charge is 0.493 e. The number of likely N-dealkylation sites (N-methyl/N-ethyl adjacent to an activating group) is 1. The van der Waals surface area contributed by atoms with Crippen LogP contribution in [-0.4, -0.2) is 44.1 Å². The van der Waals surface area contributed by atoms with E-state index >= 15 is 0 Å². The second-order valence-corrected chi connectivity index (χ2v) is 6.99. The van der Waals surface area contributed by atoms with Crippen LogP contribution in [0, 0.1) is 0 Å². The molecule has 0 spiro atoms. The van der Waals surface area contributed by atoms with Gasteiger partial charge in [-0.1, -0.05) is 41.9 Å². The summed E-state index contributed by atoms with van der Waals surface area (Å²) in [5.74, 6) is -0.388. The third kappa shape index (κ3) is 5.16. The first-order valence-electron chi connectivity index (χ1n) is 8.75. The number of nitrogens with zero attached hydrogens (tertiary/aromatic N) is 1. The average molecular weight is 406 g/mol. The lowest BCUT2D eigenvalue weighted by Gasteiger charge is -2.22. The zero-order valence-electron chi connectivity index (χ0n) is 16.6. The molecular weight excluding hydrogens is 382 g/mol. The lowest BCUT2D eigenvalue weighted by Crippen LogP contribution is -2.31. The number of methoxy groups -OCH3 is 1. The highest BCUT2D eigenvalue weighted by atomic mass is 35.5. The van der Waals surface area contributed by atoms with E-state index in [-0.39, 0.29) is 22.6 Å². The zero-order valence-corrected chi connectivity index (χ0v) is 17.3. The first-order chi connectivity index (χ1) is 13.2. The van der Waals surface area contributed by atoms with Gasteiger partial charge in [-0.15, -0.1) is 0 Å². The highest BCUT2D eigenvalue weighted by Crippen LogP contribution is 2.37. The van der Waals surface area contributed by atoms with E-state index in [0.717, 1.165) is 0 Å². The molecule has 2 aromatic carbocycles. The number of hydrogen-bond donors (Lipinski definition) is 0. The molecule has 0 unspecified atom stereocenters. The molecule has 0 radical (unpaired) electrons. The van der Waals surface area contributed by atoms with Crippen molar-refractivity contribution in [1.29, 1.82) is 0 Å². The molecule has 0 saturated heterocycles. The smallest absolute Gasteiger partial charge is 0.339 e. The fourth-order valence-electron chi connectivity index (χ4n) is 2.49. The van der Waals surface area contributed by atoms with E-state index in [1.165, 1.54) is 24.1 Å². The van der Waals surface area contributed by atoms with Crippen molar-refractivity contribution in [2.24, 2.45) is 0 Å². The van der Waals surface area contributed by atoms with Crippen LogP contribution in [0.4, 0.5) is 0 Å². The number of rotatable bonds is 7. The van der Waals surface area contributed by atoms with E-state index in [1.54, 1.807) is 38.4 Å². The Bertz CT molecular complexity index is 836. The quantitative estimate of drug-likeness (QED) is 0.648. The molecule has 0 aliphatic carbocycles. The van der Waals surface area contributed by atoms with Crippen molar-refractivity contribution in [3.8, 4) is 11.5 Å². The van der Waals surface area contributed by atoms with Gasteiger partial charge in [-0.2, -0.15) is 0 Å². The van der Waals surface area contributed by atoms with Gasteiger partial charge in [0.25, 0.3) is 5.91 Å². The Balaban J connectivity index is 2.35. The normalized spacial score (nSPS) is 11.7. The average Bonchev–Trinajstić information content (AvgIpc) is 2.67. The molecule has 0 fully saturated rings. The molecule has 0 aromatic heterocycles. The first-order valence-corrected chi connectivity index (χ1v) is 9.13. The SMILES string of the molecule is COc1cc(C(=O)O[C@H](C(=O)N(C)C)c2ccccc2)cc(Cl)c1OC(C)C. The molecule has 0 aliphatic heterocycles. The molecule has 0 saturated carbocycles. The highest BCUT2D eigenvalue weighted by Gasteiger charge is 2.28. The summed E-state index contributed by atoms with van der Waals surface area (Å²) in [5, 5.41) is 0.218. The Labute approximate surface area is 169 Å². The van der Waals surface area contributed by atoms with Crippen LogP contribution in [0.1, 0.15) is 35.9 Å². The topological polar surface area (TPSA) is 65.1 Å². The van der Waals surface area contributed by atoms with Gasteiger partial charge in [-0.05, 0) is 26.0 Å². The number of halogens is 1. The van der Waals surface area contributed by atoms with Crippen LogP contribution in [0.15, 0.2) is 42.5 Å². The van der Waals surface area contributed by atoms with Crippen LogP contribution in [0.25, 0.3) is 0 Å². The summed E-state index contributed by atoms with van der Waals surface area (Å²) in [4.78, 5) is 26.7. The number of amides is 1. The van der Waals surface area contributed by atoms with Gasteiger partial charge in [-0.25, -0.2) is 4.79 Å². The second-order valence-electron chi connectivity index (χ2n) is 6.58. The molecule has 6 nitrogen and oxygen atoms in total. The van der Waals surface area contributed by atoms with E-state index in [0.29, 0.717) is 17.1 Å². The van der Waals surface area contributed by atoms with E-state index in [2.05, 4.69) is 0 Å². The van der Waals surface area contributed by atoms with E-state index in [1.807, 2.05) is 19.9 Å². The summed E-state index contributed by atoms with van der Waals surface area (Å²) in [5.41, 5.74) is 0.734. The molecule has 150 valence electrons. The van der Waals surface area contributed by atoms with Crippen LogP contribution in [-0.2, 0) is 9.53 Å². The Hall–Kier alpha value is -2.73. The molecule has 2 aromatic rings. The Morgan fingerprint density at radius 2 is 1.71 bits per heavy atom. The minimum absolute atomic E-state index is 0.121. The zero-order chi connectivity index (χ0) is 20.8. The maximum atomic E-state index is 12.8. The van der Waals surface area contributed by atoms with Crippen LogP contribution in [0.3, 0.4) is 0 Å². The van der Waals surface area contributed by atoms with E-state index < -0.39 is 12.1 Å². The molecule has 28 heavy (non-hydrogen) atoms. The number of esters is 1. The summed E-state index contributed by atoms with van der Waals surface area (Å²) in [6, 6.07) is 11.7. The predicted octanol–water partition coefficient (Wildman–Crippen LogP) is 4.12. The highest BCUT2D eigenvalue weighted by molar-refractivity contribution is 6.32. The van der Waals surface area contributed by atoms with Crippen molar-refractivity contribution in [3.05, 3.63) is 58.6 Å². The minimum Gasteiger partial charge on any atom is -0.493 e. The van der Waals surface area contributed by atoms with Crippen molar-refractivity contribution in [2.45, 2.75) is 26.1 Å². The van der Waals surface area contributed by atoms with E-state index in [4.69, 9.17) is 25.8 Å². The Kier molecular flexibility index (Phi) is 7.29. The number of ether oxygens (including phenoxy) is 3. The number of carbonyl (C=O) groups is 2. The van der Waals surface area contributed by atoms with Gasteiger partial charge in [0.05, 0.1) is 23.8 Å². The molecule has 0 heterocycles. The number of hydrogen-bond acceptors (Lipinski definition) is 5. The van der Waals surface area contributed by atoms with Gasteiger partial charge in [0.1, 0.15) is 0 Å².